The highest BCUT2D eigenvalue weighted by atomic mass is 14.9. The van der Waals surface area contributed by atoms with Crippen molar-refractivity contribution >= 4 is 10.9 Å². The van der Waals surface area contributed by atoms with Crippen LogP contribution in [-0.4, -0.2) is 18.1 Å². The zero-order chi connectivity index (χ0) is 12.5. The highest BCUT2D eigenvalue weighted by Crippen LogP contribution is 2.31. The zero-order valence-electron chi connectivity index (χ0n) is 11.2. The molecule has 0 aliphatic carbocycles. The molecule has 0 amide bonds. The summed E-state index contributed by atoms with van der Waals surface area (Å²) < 4.78 is 0. The summed E-state index contributed by atoms with van der Waals surface area (Å²) in [6.07, 6.45) is 2.49. The number of hydrogen-bond acceptors (Lipinski definition) is 2. The number of benzene rings is 1. The normalized spacial score (nSPS) is 17.2. The fourth-order valence-electron chi connectivity index (χ4n) is 2.97. The molecule has 0 bridgehead atoms. The predicted molar refractivity (Wildman–Crippen MR) is 76.1 cm³/mol. The minimum Gasteiger partial charge on any atom is -0.317 e. The minimum atomic E-state index is 0.692. The van der Waals surface area contributed by atoms with Crippen molar-refractivity contribution in [2.24, 2.45) is 0 Å². The molecule has 1 aromatic carbocycles. The van der Waals surface area contributed by atoms with Gasteiger partial charge in [0.2, 0.25) is 0 Å². The van der Waals surface area contributed by atoms with Crippen molar-refractivity contribution in [1.29, 1.82) is 0 Å². The van der Waals surface area contributed by atoms with Gasteiger partial charge in [-0.15, -0.1) is 0 Å². The number of fused-ring (bicyclic) bond motifs is 1. The maximum absolute atomic E-state index is 4.66. The van der Waals surface area contributed by atoms with Crippen LogP contribution in [0.2, 0.25) is 0 Å². The van der Waals surface area contributed by atoms with Crippen LogP contribution < -0.4 is 5.32 Å². The van der Waals surface area contributed by atoms with E-state index in [0.717, 1.165) is 24.3 Å². The molecular formula is C16H20N2. The second-order valence-corrected chi connectivity index (χ2v) is 5.40. The fraction of sp³-hybridized carbons (Fsp3) is 0.438. The Morgan fingerprint density at radius 3 is 2.67 bits per heavy atom. The van der Waals surface area contributed by atoms with E-state index in [1.165, 1.54) is 29.4 Å². The van der Waals surface area contributed by atoms with Crippen molar-refractivity contribution in [3.8, 4) is 0 Å². The number of aromatic nitrogens is 1. The van der Waals surface area contributed by atoms with E-state index in [1.54, 1.807) is 0 Å². The number of hydrogen-bond donors (Lipinski definition) is 1. The number of aryl methyl sites for hydroxylation is 2. The summed E-state index contributed by atoms with van der Waals surface area (Å²) in [4.78, 5) is 4.66. The minimum absolute atomic E-state index is 0.692. The van der Waals surface area contributed by atoms with Crippen molar-refractivity contribution in [3.63, 3.8) is 0 Å². The van der Waals surface area contributed by atoms with Crippen LogP contribution in [0.25, 0.3) is 10.9 Å². The van der Waals surface area contributed by atoms with Gasteiger partial charge < -0.3 is 5.32 Å². The summed E-state index contributed by atoms with van der Waals surface area (Å²) >= 11 is 0. The lowest BCUT2D eigenvalue weighted by Crippen LogP contribution is -2.26. The molecule has 1 fully saturated rings. The lowest BCUT2D eigenvalue weighted by Gasteiger charge is -2.24. The van der Waals surface area contributed by atoms with Crippen LogP contribution in [-0.2, 0) is 0 Å². The van der Waals surface area contributed by atoms with Gasteiger partial charge in [0.25, 0.3) is 0 Å². The van der Waals surface area contributed by atoms with Crippen LogP contribution in [0.1, 0.15) is 35.6 Å². The van der Waals surface area contributed by atoms with Gasteiger partial charge in [-0.2, -0.15) is 0 Å². The molecule has 1 saturated heterocycles. The van der Waals surface area contributed by atoms with Gasteiger partial charge in [-0.05, 0) is 69.5 Å². The first-order chi connectivity index (χ1) is 8.74. The Morgan fingerprint density at radius 1 is 1.11 bits per heavy atom. The molecule has 2 nitrogen and oxygen atoms in total. The SMILES string of the molecule is Cc1ccc2nc(C)cc(C3CCNCC3)c2c1. The van der Waals surface area contributed by atoms with E-state index >= 15 is 0 Å². The predicted octanol–water partition coefficient (Wildman–Crippen LogP) is 3.32. The van der Waals surface area contributed by atoms with Crippen LogP contribution >= 0.6 is 0 Å². The standard InChI is InChI=1S/C16H20N2/c1-11-3-4-16-15(9-11)14(10-12(2)18-16)13-5-7-17-8-6-13/h3-4,9-10,13,17H,5-8H2,1-2H3. The number of rotatable bonds is 1. The molecule has 0 saturated carbocycles. The van der Waals surface area contributed by atoms with Crippen molar-refractivity contribution in [2.75, 3.05) is 13.1 Å². The molecule has 0 atom stereocenters. The highest BCUT2D eigenvalue weighted by Gasteiger charge is 2.18. The number of nitrogens with zero attached hydrogens (tertiary/aromatic N) is 1. The molecule has 2 heterocycles. The Bertz CT molecular complexity index is 569. The molecule has 1 aromatic heterocycles. The fourth-order valence-corrected chi connectivity index (χ4v) is 2.97. The summed E-state index contributed by atoms with van der Waals surface area (Å²) in [5.41, 5.74) is 5.11. The lowest BCUT2D eigenvalue weighted by molar-refractivity contribution is 0.462. The van der Waals surface area contributed by atoms with Gasteiger partial charge in [0.1, 0.15) is 0 Å². The molecule has 1 N–H and O–H groups in total. The molecular weight excluding hydrogens is 220 g/mol. The van der Waals surface area contributed by atoms with E-state index in [9.17, 15) is 0 Å². The zero-order valence-corrected chi connectivity index (χ0v) is 11.2. The molecule has 18 heavy (non-hydrogen) atoms. The van der Waals surface area contributed by atoms with E-state index in [1.807, 2.05) is 0 Å². The summed E-state index contributed by atoms with van der Waals surface area (Å²) in [6.45, 7) is 6.54. The third kappa shape index (κ3) is 2.13. The molecule has 0 spiro atoms. The quantitative estimate of drug-likeness (QED) is 0.827. The van der Waals surface area contributed by atoms with Gasteiger partial charge in [-0.1, -0.05) is 11.6 Å². The van der Waals surface area contributed by atoms with Crippen LogP contribution in [0.15, 0.2) is 24.3 Å². The average molecular weight is 240 g/mol. The average Bonchev–Trinajstić information content (AvgIpc) is 2.39. The largest absolute Gasteiger partial charge is 0.317 e. The van der Waals surface area contributed by atoms with E-state index in [0.29, 0.717) is 5.92 Å². The first kappa shape index (κ1) is 11.7. The molecule has 1 aliphatic rings. The number of nitrogens with one attached hydrogen (secondary N) is 1. The molecule has 2 heteroatoms. The summed E-state index contributed by atoms with van der Waals surface area (Å²) in [6, 6.07) is 8.89. The van der Waals surface area contributed by atoms with Crippen LogP contribution in [0.5, 0.6) is 0 Å². The van der Waals surface area contributed by atoms with E-state index in [-0.39, 0.29) is 0 Å². The number of pyridine rings is 1. The van der Waals surface area contributed by atoms with Gasteiger partial charge in [0.15, 0.2) is 0 Å². The molecule has 0 radical (unpaired) electrons. The van der Waals surface area contributed by atoms with Gasteiger partial charge in [-0.25, -0.2) is 0 Å². The molecule has 94 valence electrons. The van der Waals surface area contributed by atoms with E-state index < -0.39 is 0 Å². The first-order valence-electron chi connectivity index (χ1n) is 6.82. The Labute approximate surface area is 108 Å². The Balaban J connectivity index is 2.16. The Hall–Kier alpha value is -1.41. The Morgan fingerprint density at radius 2 is 1.89 bits per heavy atom. The van der Waals surface area contributed by atoms with Gasteiger partial charge in [0.05, 0.1) is 5.52 Å². The van der Waals surface area contributed by atoms with Crippen molar-refractivity contribution < 1.29 is 0 Å². The topological polar surface area (TPSA) is 24.9 Å². The smallest absolute Gasteiger partial charge is 0.0708 e. The molecule has 2 aromatic rings. The van der Waals surface area contributed by atoms with Gasteiger partial charge >= 0.3 is 0 Å². The van der Waals surface area contributed by atoms with E-state index in [2.05, 4.69) is 48.4 Å². The second-order valence-electron chi connectivity index (χ2n) is 5.40. The highest BCUT2D eigenvalue weighted by molar-refractivity contribution is 5.83. The van der Waals surface area contributed by atoms with Crippen molar-refractivity contribution in [1.82, 2.24) is 10.3 Å². The number of piperidine rings is 1. The maximum atomic E-state index is 4.66. The summed E-state index contributed by atoms with van der Waals surface area (Å²) in [5.74, 6) is 0.692. The summed E-state index contributed by atoms with van der Waals surface area (Å²) in [7, 11) is 0. The lowest BCUT2D eigenvalue weighted by atomic mass is 9.87. The van der Waals surface area contributed by atoms with E-state index in [4.69, 9.17) is 0 Å². The van der Waals surface area contributed by atoms with Crippen molar-refractivity contribution in [3.05, 3.63) is 41.1 Å². The molecule has 3 rings (SSSR count). The van der Waals surface area contributed by atoms with Crippen LogP contribution in [0.4, 0.5) is 0 Å². The monoisotopic (exact) mass is 240 g/mol. The van der Waals surface area contributed by atoms with Crippen LogP contribution in [0, 0.1) is 13.8 Å². The maximum Gasteiger partial charge on any atom is 0.0708 e. The van der Waals surface area contributed by atoms with Crippen LogP contribution in [0.3, 0.4) is 0 Å². The van der Waals surface area contributed by atoms with Crippen molar-refractivity contribution in [2.45, 2.75) is 32.6 Å². The first-order valence-corrected chi connectivity index (χ1v) is 6.82. The molecule has 0 unspecified atom stereocenters. The summed E-state index contributed by atoms with van der Waals surface area (Å²) in [5, 5.41) is 4.80. The third-order valence-corrected chi connectivity index (χ3v) is 3.90. The van der Waals surface area contributed by atoms with Gasteiger partial charge in [0, 0.05) is 11.1 Å². The van der Waals surface area contributed by atoms with Gasteiger partial charge in [-0.3, -0.25) is 4.98 Å². The third-order valence-electron chi connectivity index (χ3n) is 3.90. The Kier molecular flexibility index (Phi) is 3.04. The second kappa shape index (κ2) is 4.69. The molecule has 1 aliphatic heterocycles.